The molecule has 4 aromatic rings. The zero-order chi connectivity index (χ0) is 33.1. The lowest BCUT2D eigenvalue weighted by molar-refractivity contribution is -0.115. The Bertz CT molecular complexity index is 1710. The van der Waals surface area contributed by atoms with E-state index in [1.807, 2.05) is 0 Å². The third kappa shape index (κ3) is 8.82. The van der Waals surface area contributed by atoms with Gasteiger partial charge in [-0.15, -0.1) is 11.8 Å². The van der Waals surface area contributed by atoms with E-state index in [1.165, 1.54) is 32.1 Å². The van der Waals surface area contributed by atoms with Gasteiger partial charge >= 0.3 is 0 Å². The second-order valence-electron chi connectivity index (χ2n) is 9.78. The SMILES string of the molecule is COc1ccc(OC)c(NC(=O)C(C)Sc2ccc(NC(=O)/C(=C/c3ccc(OC)cc3OC)NC(=O)c3ccccc3)cc2)c1. The van der Waals surface area contributed by atoms with Gasteiger partial charge < -0.3 is 34.9 Å². The number of rotatable bonds is 13. The highest BCUT2D eigenvalue weighted by molar-refractivity contribution is 8.00. The molecular formula is C35H35N3O7S. The number of benzene rings is 4. The summed E-state index contributed by atoms with van der Waals surface area (Å²) in [6, 6.07) is 26.0. The third-order valence-electron chi connectivity index (χ3n) is 6.73. The Labute approximate surface area is 272 Å². The largest absolute Gasteiger partial charge is 0.497 e. The Morgan fingerprint density at radius 3 is 2.02 bits per heavy atom. The van der Waals surface area contributed by atoms with E-state index in [4.69, 9.17) is 18.9 Å². The van der Waals surface area contributed by atoms with Crippen LogP contribution in [0.5, 0.6) is 23.0 Å². The van der Waals surface area contributed by atoms with Gasteiger partial charge in [0.15, 0.2) is 0 Å². The van der Waals surface area contributed by atoms with Gasteiger partial charge in [0.2, 0.25) is 5.91 Å². The Balaban J connectivity index is 1.48. The zero-order valence-electron chi connectivity index (χ0n) is 26.1. The summed E-state index contributed by atoms with van der Waals surface area (Å²) in [4.78, 5) is 40.3. The smallest absolute Gasteiger partial charge is 0.272 e. The molecule has 0 fully saturated rings. The lowest BCUT2D eigenvalue weighted by Crippen LogP contribution is -2.30. The van der Waals surface area contributed by atoms with E-state index in [0.717, 1.165) is 4.90 Å². The number of nitrogens with one attached hydrogen (secondary N) is 3. The second kappa shape index (κ2) is 16.1. The number of methoxy groups -OCH3 is 4. The molecule has 0 aliphatic rings. The number of hydrogen-bond donors (Lipinski definition) is 3. The molecule has 46 heavy (non-hydrogen) atoms. The first-order valence-corrected chi connectivity index (χ1v) is 15.0. The van der Waals surface area contributed by atoms with Crippen LogP contribution in [0.1, 0.15) is 22.8 Å². The van der Waals surface area contributed by atoms with Crippen LogP contribution >= 0.6 is 11.8 Å². The van der Waals surface area contributed by atoms with Gasteiger partial charge in [-0.05, 0) is 73.7 Å². The first-order valence-electron chi connectivity index (χ1n) is 14.2. The Kier molecular flexibility index (Phi) is 11.7. The maximum atomic E-state index is 13.5. The minimum atomic E-state index is -0.539. The molecule has 0 saturated heterocycles. The van der Waals surface area contributed by atoms with E-state index in [-0.39, 0.29) is 11.6 Å². The highest BCUT2D eigenvalue weighted by Gasteiger charge is 2.19. The van der Waals surface area contributed by atoms with Crippen LogP contribution in [0, 0.1) is 0 Å². The van der Waals surface area contributed by atoms with Crippen LogP contribution in [-0.2, 0) is 9.59 Å². The van der Waals surface area contributed by atoms with Gasteiger partial charge in [-0.2, -0.15) is 0 Å². The fourth-order valence-electron chi connectivity index (χ4n) is 4.25. The maximum absolute atomic E-state index is 13.5. The normalized spacial score (nSPS) is 11.5. The number of hydrogen-bond acceptors (Lipinski definition) is 8. The fraction of sp³-hybridized carbons (Fsp3) is 0.171. The number of thioether (sulfide) groups is 1. The van der Waals surface area contributed by atoms with Crippen molar-refractivity contribution in [3.8, 4) is 23.0 Å². The molecular weight excluding hydrogens is 606 g/mol. The molecule has 0 aliphatic carbocycles. The molecule has 11 heteroatoms. The summed E-state index contributed by atoms with van der Waals surface area (Å²) < 4.78 is 21.4. The van der Waals surface area contributed by atoms with E-state index in [1.54, 1.807) is 112 Å². The minimum Gasteiger partial charge on any atom is -0.497 e. The van der Waals surface area contributed by atoms with Gasteiger partial charge in [0.25, 0.3) is 11.8 Å². The van der Waals surface area contributed by atoms with Crippen molar-refractivity contribution >= 4 is 46.9 Å². The summed E-state index contributed by atoms with van der Waals surface area (Å²) >= 11 is 1.35. The lowest BCUT2D eigenvalue weighted by Gasteiger charge is -2.15. The molecule has 1 unspecified atom stereocenters. The van der Waals surface area contributed by atoms with Crippen molar-refractivity contribution < 1.29 is 33.3 Å². The van der Waals surface area contributed by atoms with Crippen molar-refractivity contribution in [3.63, 3.8) is 0 Å². The van der Waals surface area contributed by atoms with E-state index >= 15 is 0 Å². The highest BCUT2D eigenvalue weighted by Crippen LogP contribution is 2.31. The molecule has 3 amide bonds. The molecule has 0 radical (unpaired) electrons. The van der Waals surface area contributed by atoms with Crippen LogP contribution < -0.4 is 34.9 Å². The molecule has 0 bridgehead atoms. The summed E-state index contributed by atoms with van der Waals surface area (Å²) in [6.07, 6.45) is 1.54. The van der Waals surface area contributed by atoms with Gasteiger partial charge in [-0.3, -0.25) is 14.4 Å². The van der Waals surface area contributed by atoms with Crippen LogP contribution in [0.3, 0.4) is 0 Å². The Hall–Kier alpha value is -5.42. The van der Waals surface area contributed by atoms with Crippen molar-refractivity contribution in [1.29, 1.82) is 0 Å². The number of amides is 3. The molecule has 4 rings (SSSR count). The molecule has 238 valence electrons. The number of carbonyl (C=O) groups excluding carboxylic acids is 3. The molecule has 4 aromatic carbocycles. The monoisotopic (exact) mass is 641 g/mol. The first kappa shape index (κ1) is 33.5. The van der Waals surface area contributed by atoms with Gasteiger partial charge in [-0.25, -0.2) is 0 Å². The molecule has 3 N–H and O–H groups in total. The predicted octanol–water partition coefficient (Wildman–Crippen LogP) is 6.25. The van der Waals surface area contributed by atoms with E-state index < -0.39 is 17.1 Å². The zero-order valence-corrected chi connectivity index (χ0v) is 26.9. The summed E-state index contributed by atoms with van der Waals surface area (Å²) in [6.45, 7) is 1.79. The van der Waals surface area contributed by atoms with Crippen molar-refractivity contribution in [2.75, 3.05) is 39.1 Å². The quantitative estimate of drug-likeness (QED) is 0.116. The fourth-order valence-corrected chi connectivity index (χ4v) is 5.12. The molecule has 0 heterocycles. The standard InChI is InChI=1S/C35H35N3O7S/c1-22(33(39)37-29-20-26(42-2)15-18-31(29)44-4)46-28-16-12-25(13-17-28)36-35(41)30(38-34(40)23-9-7-6-8-10-23)19-24-11-14-27(43-3)21-32(24)45-5/h6-22H,1-5H3,(H,36,41)(H,37,39)(H,38,40)/b30-19-. The molecule has 1 atom stereocenters. The van der Waals surface area contributed by atoms with Crippen molar-refractivity contribution in [1.82, 2.24) is 5.32 Å². The molecule has 0 spiro atoms. The highest BCUT2D eigenvalue weighted by atomic mass is 32.2. The topological polar surface area (TPSA) is 124 Å². The van der Waals surface area contributed by atoms with E-state index in [9.17, 15) is 14.4 Å². The van der Waals surface area contributed by atoms with E-state index in [2.05, 4.69) is 16.0 Å². The van der Waals surface area contributed by atoms with Gasteiger partial charge in [0.05, 0.1) is 39.4 Å². The predicted molar refractivity (Wildman–Crippen MR) is 180 cm³/mol. The average Bonchev–Trinajstić information content (AvgIpc) is 3.09. The molecule has 0 aliphatic heterocycles. The van der Waals surface area contributed by atoms with Crippen LogP contribution in [0.4, 0.5) is 11.4 Å². The lowest BCUT2D eigenvalue weighted by atomic mass is 10.1. The number of carbonyl (C=O) groups is 3. The first-order chi connectivity index (χ1) is 22.2. The van der Waals surface area contributed by atoms with Gasteiger partial charge in [-0.1, -0.05) is 18.2 Å². The van der Waals surface area contributed by atoms with E-state index in [0.29, 0.717) is 45.5 Å². The molecule has 0 aromatic heterocycles. The maximum Gasteiger partial charge on any atom is 0.272 e. The van der Waals surface area contributed by atoms with Crippen LogP contribution in [0.25, 0.3) is 6.08 Å². The van der Waals surface area contributed by atoms with Crippen molar-refractivity contribution in [3.05, 3.63) is 108 Å². The van der Waals surface area contributed by atoms with Gasteiger partial charge in [0.1, 0.15) is 28.7 Å². The van der Waals surface area contributed by atoms with Crippen molar-refractivity contribution in [2.45, 2.75) is 17.1 Å². The van der Waals surface area contributed by atoms with Crippen LogP contribution in [0.15, 0.2) is 102 Å². The van der Waals surface area contributed by atoms with Crippen LogP contribution in [-0.4, -0.2) is 51.4 Å². The number of anilines is 2. The molecule has 0 saturated carbocycles. The second-order valence-corrected chi connectivity index (χ2v) is 11.2. The summed E-state index contributed by atoms with van der Waals surface area (Å²) in [7, 11) is 6.13. The Morgan fingerprint density at radius 1 is 0.717 bits per heavy atom. The average molecular weight is 642 g/mol. The minimum absolute atomic E-state index is 0.00837. The van der Waals surface area contributed by atoms with Crippen LogP contribution in [0.2, 0.25) is 0 Å². The Morgan fingerprint density at radius 2 is 1.37 bits per heavy atom. The summed E-state index contributed by atoms with van der Waals surface area (Å²) in [5, 5.41) is 8.01. The number of ether oxygens (including phenoxy) is 4. The third-order valence-corrected chi connectivity index (χ3v) is 7.84. The summed E-state index contributed by atoms with van der Waals surface area (Å²) in [5.74, 6) is 0.954. The summed E-state index contributed by atoms with van der Waals surface area (Å²) in [5.41, 5.74) is 1.97. The van der Waals surface area contributed by atoms with Gasteiger partial charge in [0, 0.05) is 33.8 Å². The molecule has 10 nitrogen and oxygen atoms in total. The van der Waals surface area contributed by atoms with Crippen molar-refractivity contribution in [2.24, 2.45) is 0 Å².